The Morgan fingerprint density at radius 2 is 1.90 bits per heavy atom. The highest BCUT2D eigenvalue weighted by Crippen LogP contribution is 2.22. The van der Waals surface area contributed by atoms with Gasteiger partial charge in [0.15, 0.2) is 9.84 Å². The zero-order valence-electron chi connectivity index (χ0n) is 11.1. The van der Waals surface area contributed by atoms with Crippen LogP contribution < -0.4 is 0 Å². The molecule has 2 rings (SSSR count). The lowest BCUT2D eigenvalue weighted by Crippen LogP contribution is -2.16. The minimum Gasteiger partial charge on any atom is -0.223 e. The van der Waals surface area contributed by atoms with Crippen molar-refractivity contribution in [3.63, 3.8) is 0 Å². The van der Waals surface area contributed by atoms with E-state index in [1.807, 2.05) is 0 Å². The first-order valence-corrected chi connectivity index (χ1v) is 7.99. The summed E-state index contributed by atoms with van der Waals surface area (Å²) in [7, 11) is -3.34. The van der Waals surface area contributed by atoms with E-state index in [9.17, 15) is 8.42 Å². The molecule has 0 saturated heterocycles. The lowest BCUT2D eigenvalue weighted by molar-refractivity contribution is 0.586. The Bertz CT molecular complexity index is 717. The van der Waals surface area contributed by atoms with E-state index in [-0.39, 0.29) is 5.28 Å². The summed E-state index contributed by atoms with van der Waals surface area (Å²) in [5.41, 5.74) is 0.656. The number of sulfone groups is 1. The van der Waals surface area contributed by atoms with Crippen molar-refractivity contribution in [2.75, 3.05) is 0 Å². The molecule has 1 aromatic heterocycles. The minimum atomic E-state index is -3.34. The van der Waals surface area contributed by atoms with Crippen LogP contribution in [0.4, 0.5) is 0 Å². The molecule has 0 bridgehead atoms. The van der Waals surface area contributed by atoms with Crippen molar-refractivity contribution in [3.05, 3.63) is 47.3 Å². The number of nitrogens with zero attached hydrogens (tertiary/aromatic N) is 3. The first kappa shape index (κ1) is 14.9. The molecule has 0 aliphatic rings. The van der Waals surface area contributed by atoms with Crippen LogP contribution in [0.5, 0.6) is 0 Å². The van der Waals surface area contributed by atoms with Gasteiger partial charge in [-0.1, -0.05) is 18.2 Å². The first-order valence-electron chi connectivity index (χ1n) is 6.06. The quantitative estimate of drug-likeness (QED) is 0.866. The summed E-state index contributed by atoms with van der Waals surface area (Å²) in [4.78, 5) is 12.0. The molecular weight excluding hydrogens is 298 g/mol. The molecule has 0 amide bonds. The molecule has 0 saturated carbocycles. The smallest absolute Gasteiger partial charge is 0.223 e. The van der Waals surface area contributed by atoms with Gasteiger partial charge in [-0.3, -0.25) is 0 Å². The number of halogens is 1. The molecule has 1 aromatic carbocycles. The molecule has 0 atom stereocenters. The standard InChI is InChI=1S/C13H14ClN3O2S/c1-9(2)20(18,19)11-6-4-3-5-10(11)7-12-15-8-16-13(14)17-12/h3-6,8-9H,7H2,1-2H3. The van der Waals surface area contributed by atoms with Crippen LogP contribution in [0.3, 0.4) is 0 Å². The maximum Gasteiger partial charge on any atom is 0.225 e. The van der Waals surface area contributed by atoms with Crippen LogP contribution in [-0.4, -0.2) is 28.6 Å². The van der Waals surface area contributed by atoms with E-state index in [1.54, 1.807) is 38.1 Å². The van der Waals surface area contributed by atoms with Gasteiger partial charge in [-0.2, -0.15) is 0 Å². The molecule has 0 fully saturated rings. The average molecular weight is 312 g/mol. The third kappa shape index (κ3) is 3.13. The summed E-state index contributed by atoms with van der Waals surface area (Å²) in [6.07, 6.45) is 1.61. The number of aromatic nitrogens is 3. The van der Waals surface area contributed by atoms with Gasteiger partial charge in [0.25, 0.3) is 0 Å². The zero-order chi connectivity index (χ0) is 14.8. The van der Waals surface area contributed by atoms with Crippen molar-refractivity contribution in [2.45, 2.75) is 30.4 Å². The molecule has 5 nitrogen and oxygen atoms in total. The summed E-state index contributed by atoms with van der Waals surface area (Å²) in [6, 6.07) is 6.86. The van der Waals surface area contributed by atoms with Gasteiger partial charge in [0.1, 0.15) is 12.2 Å². The highest BCUT2D eigenvalue weighted by molar-refractivity contribution is 7.92. The molecule has 0 unspecified atom stereocenters. The predicted octanol–water partition coefficient (Wildman–Crippen LogP) is 2.30. The SMILES string of the molecule is CC(C)S(=O)(=O)c1ccccc1Cc1ncnc(Cl)n1. The van der Waals surface area contributed by atoms with Gasteiger partial charge in [0, 0.05) is 6.42 Å². The van der Waals surface area contributed by atoms with Gasteiger partial charge >= 0.3 is 0 Å². The fraction of sp³-hybridized carbons (Fsp3) is 0.308. The van der Waals surface area contributed by atoms with E-state index in [2.05, 4.69) is 15.0 Å². The molecule has 0 spiro atoms. The second-order valence-electron chi connectivity index (χ2n) is 4.55. The van der Waals surface area contributed by atoms with E-state index in [1.165, 1.54) is 6.33 Å². The van der Waals surface area contributed by atoms with Crippen LogP contribution in [0.25, 0.3) is 0 Å². The van der Waals surface area contributed by atoms with Crippen LogP contribution in [0.1, 0.15) is 25.2 Å². The van der Waals surface area contributed by atoms with Crippen molar-refractivity contribution in [3.8, 4) is 0 Å². The van der Waals surface area contributed by atoms with Crippen molar-refractivity contribution in [2.24, 2.45) is 0 Å². The molecule has 0 aliphatic carbocycles. The van der Waals surface area contributed by atoms with Crippen LogP contribution in [0.15, 0.2) is 35.5 Å². The fourth-order valence-electron chi connectivity index (χ4n) is 1.74. The maximum absolute atomic E-state index is 12.3. The zero-order valence-corrected chi connectivity index (χ0v) is 12.7. The van der Waals surface area contributed by atoms with Crippen LogP contribution >= 0.6 is 11.6 Å². The number of rotatable bonds is 4. The Balaban J connectivity index is 2.44. The lowest BCUT2D eigenvalue weighted by atomic mass is 10.1. The molecular formula is C13H14ClN3O2S. The van der Waals surface area contributed by atoms with E-state index in [0.29, 0.717) is 22.7 Å². The van der Waals surface area contributed by atoms with Crippen LogP contribution in [0, 0.1) is 0 Å². The maximum atomic E-state index is 12.3. The van der Waals surface area contributed by atoms with Crippen LogP contribution in [0.2, 0.25) is 5.28 Å². The predicted molar refractivity (Wildman–Crippen MR) is 76.4 cm³/mol. The molecule has 2 aromatic rings. The van der Waals surface area contributed by atoms with Crippen LogP contribution in [-0.2, 0) is 16.3 Å². The van der Waals surface area contributed by atoms with Crippen molar-refractivity contribution in [1.82, 2.24) is 15.0 Å². The van der Waals surface area contributed by atoms with E-state index < -0.39 is 15.1 Å². The molecule has 0 radical (unpaired) electrons. The average Bonchev–Trinajstić information content (AvgIpc) is 2.39. The summed E-state index contributed by atoms with van der Waals surface area (Å²) in [6.45, 7) is 3.32. The third-order valence-electron chi connectivity index (χ3n) is 2.84. The molecule has 106 valence electrons. The fourth-order valence-corrected chi connectivity index (χ4v) is 3.17. The monoisotopic (exact) mass is 311 g/mol. The number of hydrogen-bond donors (Lipinski definition) is 0. The Kier molecular flexibility index (Phi) is 4.35. The Morgan fingerprint density at radius 3 is 2.55 bits per heavy atom. The summed E-state index contributed by atoms with van der Waals surface area (Å²) >= 11 is 5.71. The lowest BCUT2D eigenvalue weighted by Gasteiger charge is -2.12. The number of benzene rings is 1. The minimum absolute atomic E-state index is 0.0965. The Morgan fingerprint density at radius 1 is 1.20 bits per heavy atom. The highest BCUT2D eigenvalue weighted by atomic mass is 35.5. The van der Waals surface area contributed by atoms with Gasteiger partial charge in [-0.15, -0.1) is 0 Å². The van der Waals surface area contributed by atoms with Crippen molar-refractivity contribution < 1.29 is 8.42 Å². The van der Waals surface area contributed by atoms with Crippen molar-refractivity contribution in [1.29, 1.82) is 0 Å². The Hall–Kier alpha value is -1.53. The van der Waals surface area contributed by atoms with Gasteiger partial charge in [-0.05, 0) is 37.1 Å². The summed E-state index contributed by atoms with van der Waals surface area (Å²) < 4.78 is 24.7. The third-order valence-corrected chi connectivity index (χ3v) is 5.28. The highest BCUT2D eigenvalue weighted by Gasteiger charge is 2.22. The van der Waals surface area contributed by atoms with Gasteiger partial charge in [-0.25, -0.2) is 23.4 Å². The molecule has 0 aliphatic heterocycles. The Labute approximate surface area is 123 Å². The van der Waals surface area contributed by atoms with Gasteiger partial charge < -0.3 is 0 Å². The van der Waals surface area contributed by atoms with E-state index in [4.69, 9.17) is 11.6 Å². The normalized spacial score (nSPS) is 11.8. The largest absolute Gasteiger partial charge is 0.225 e. The van der Waals surface area contributed by atoms with E-state index in [0.717, 1.165) is 0 Å². The van der Waals surface area contributed by atoms with E-state index >= 15 is 0 Å². The number of hydrogen-bond acceptors (Lipinski definition) is 5. The van der Waals surface area contributed by atoms with Gasteiger partial charge in [0.2, 0.25) is 5.28 Å². The summed E-state index contributed by atoms with van der Waals surface area (Å²) in [5, 5.41) is -0.384. The first-order chi connectivity index (χ1) is 9.41. The second-order valence-corrected chi connectivity index (χ2v) is 7.36. The molecule has 7 heteroatoms. The van der Waals surface area contributed by atoms with Crippen molar-refractivity contribution >= 4 is 21.4 Å². The second kappa shape index (κ2) is 5.85. The van der Waals surface area contributed by atoms with Gasteiger partial charge in [0.05, 0.1) is 10.1 Å². The summed E-state index contributed by atoms with van der Waals surface area (Å²) in [5.74, 6) is 0.441. The molecule has 20 heavy (non-hydrogen) atoms. The topological polar surface area (TPSA) is 72.8 Å². The molecule has 1 heterocycles. The molecule has 0 N–H and O–H groups in total.